The lowest BCUT2D eigenvalue weighted by Gasteiger charge is -2.34. The normalized spacial score (nSPS) is 15.5. The maximum atomic E-state index is 5.53. The Labute approximate surface area is 211 Å². The van der Waals surface area contributed by atoms with E-state index in [9.17, 15) is 0 Å². The van der Waals surface area contributed by atoms with E-state index in [4.69, 9.17) is 10.7 Å². The van der Waals surface area contributed by atoms with Crippen LogP contribution in [-0.4, -0.2) is 92.8 Å². The van der Waals surface area contributed by atoms with Crippen LogP contribution in [0.15, 0.2) is 64.9 Å². The van der Waals surface area contributed by atoms with Crippen molar-refractivity contribution in [1.82, 2.24) is 20.1 Å². The molecular weight excluding hydrogens is 436 g/mol. The molecule has 8 nitrogen and oxygen atoms in total. The monoisotopic (exact) mass is 478 g/mol. The Morgan fingerprint density at radius 3 is 2.57 bits per heavy atom. The van der Waals surface area contributed by atoms with E-state index in [0.29, 0.717) is 32.6 Å². The molecule has 190 valence electrons. The molecule has 1 aromatic heterocycles. The molecule has 1 aliphatic heterocycles. The van der Waals surface area contributed by atoms with Gasteiger partial charge in [-0.2, -0.15) is 0 Å². The summed E-state index contributed by atoms with van der Waals surface area (Å²) in [6.45, 7) is 12.7. The Balaban J connectivity index is 0.00000298. The van der Waals surface area contributed by atoms with Gasteiger partial charge in [-0.3, -0.25) is 9.98 Å². The third-order valence-electron chi connectivity index (χ3n) is 5.45. The van der Waals surface area contributed by atoms with Crippen molar-refractivity contribution < 1.29 is 0 Å². The molecule has 8 heteroatoms. The Kier molecular flexibility index (Phi) is 15.2. The van der Waals surface area contributed by atoms with Crippen molar-refractivity contribution in [1.29, 1.82) is 0 Å². The molecule has 1 saturated heterocycles. The number of terminal acetylenes is 1. The van der Waals surface area contributed by atoms with Crippen molar-refractivity contribution in [3.05, 3.63) is 60.5 Å². The average molecular weight is 479 g/mol. The number of hydrogen-bond acceptors (Lipinski definition) is 7. The predicted octanol–water partition coefficient (Wildman–Crippen LogP) is 2.39. The number of amidine groups is 1. The molecule has 0 atom stereocenters. The molecule has 1 aliphatic rings. The van der Waals surface area contributed by atoms with Crippen LogP contribution in [0.4, 0.5) is 5.82 Å². The first-order chi connectivity index (χ1) is 17.1. The third kappa shape index (κ3) is 11.0. The Bertz CT molecular complexity index is 872. The molecule has 0 aromatic carbocycles. The summed E-state index contributed by atoms with van der Waals surface area (Å²) in [6, 6.07) is 3.96. The number of likely N-dealkylation sites (N-methyl/N-ethyl adjacent to an activating group) is 1. The van der Waals surface area contributed by atoms with E-state index in [1.165, 1.54) is 5.70 Å². The van der Waals surface area contributed by atoms with Gasteiger partial charge in [0, 0.05) is 82.5 Å². The summed E-state index contributed by atoms with van der Waals surface area (Å²) in [6.07, 6.45) is 18.9. The van der Waals surface area contributed by atoms with Gasteiger partial charge in [-0.05, 0) is 32.2 Å². The topological polar surface area (TPSA) is 94.2 Å². The average Bonchev–Trinajstić information content (AvgIpc) is 2.90. The number of aromatic nitrogens is 1. The summed E-state index contributed by atoms with van der Waals surface area (Å²) in [5.74, 6) is 1.65. The largest absolute Gasteiger partial charge is 0.369 e. The summed E-state index contributed by atoms with van der Waals surface area (Å²) < 4.78 is 0. The molecule has 1 fully saturated rings. The number of rotatable bonds is 12. The molecule has 0 spiro atoms. The second-order valence-corrected chi connectivity index (χ2v) is 7.86. The number of anilines is 1. The number of nitrogens with two attached hydrogens (primary N) is 1. The molecule has 0 aliphatic carbocycles. The van der Waals surface area contributed by atoms with Gasteiger partial charge in [0.2, 0.25) is 0 Å². The minimum absolute atomic E-state index is 0.482. The van der Waals surface area contributed by atoms with E-state index >= 15 is 0 Å². The van der Waals surface area contributed by atoms with Crippen LogP contribution in [0.2, 0.25) is 0 Å². The molecule has 35 heavy (non-hydrogen) atoms. The minimum Gasteiger partial charge on any atom is -0.369 e. The van der Waals surface area contributed by atoms with Crippen molar-refractivity contribution in [2.45, 2.75) is 13.3 Å². The first-order valence-electron chi connectivity index (χ1n) is 11.9. The smallest absolute Gasteiger partial charge is 0.125 e. The van der Waals surface area contributed by atoms with Crippen LogP contribution in [0.3, 0.4) is 0 Å². The predicted molar refractivity (Wildman–Crippen MR) is 151 cm³/mol. The van der Waals surface area contributed by atoms with Crippen LogP contribution in [-0.2, 0) is 0 Å². The van der Waals surface area contributed by atoms with Crippen molar-refractivity contribution in [3.8, 4) is 12.8 Å². The molecule has 0 amide bonds. The lowest BCUT2D eigenvalue weighted by molar-refractivity contribution is 0.190. The Morgan fingerprint density at radius 1 is 1.26 bits per heavy atom. The number of piperazine rings is 1. The van der Waals surface area contributed by atoms with E-state index in [1.54, 1.807) is 7.05 Å². The molecular formula is C27H42N8. The van der Waals surface area contributed by atoms with Gasteiger partial charge in [0.15, 0.2) is 0 Å². The number of hydrogen-bond donors (Lipinski definition) is 3. The Morgan fingerprint density at radius 2 is 2.00 bits per heavy atom. The molecule has 1 aromatic rings. The maximum absolute atomic E-state index is 5.53. The van der Waals surface area contributed by atoms with E-state index in [2.05, 4.69) is 82.0 Å². The SMILES string of the molecule is C#C.C=CCC(=NCC(=NC)NC/C=C\C(=C/C)N1CCN(C)CC1)c1ccc(NCCN)nc1. The number of nitrogens with one attached hydrogen (secondary N) is 2. The van der Waals surface area contributed by atoms with E-state index < -0.39 is 0 Å². The molecule has 0 bridgehead atoms. The van der Waals surface area contributed by atoms with Crippen molar-refractivity contribution in [3.63, 3.8) is 0 Å². The van der Waals surface area contributed by atoms with Crippen LogP contribution in [0, 0.1) is 12.8 Å². The lowest BCUT2D eigenvalue weighted by atomic mass is 10.1. The summed E-state index contributed by atoms with van der Waals surface area (Å²) in [4.78, 5) is 18.4. The van der Waals surface area contributed by atoms with E-state index in [-0.39, 0.29) is 0 Å². The standard InChI is InChI=1S/C25H40N8.C2H2/c1-5-8-23(21-10-11-24(31-19-21)29-14-12-26)30-20-25(27-3)28-13-7-9-22(6-2)33-17-15-32(4)16-18-33;1-2/h5-7,9-11,19H,1,8,12-18,20,26H2,2-4H3,(H,27,28)(H,29,31);1-2H/b9-7-,22-6+,30-23?;. The highest BCUT2D eigenvalue weighted by molar-refractivity contribution is 6.02. The van der Waals surface area contributed by atoms with E-state index in [0.717, 1.165) is 49.1 Å². The zero-order chi connectivity index (χ0) is 25.9. The number of aliphatic imine (C=N–C) groups is 2. The van der Waals surface area contributed by atoms with Crippen LogP contribution in [0.25, 0.3) is 0 Å². The third-order valence-corrected chi connectivity index (χ3v) is 5.45. The summed E-state index contributed by atoms with van der Waals surface area (Å²) >= 11 is 0. The van der Waals surface area contributed by atoms with Gasteiger partial charge in [-0.25, -0.2) is 4.98 Å². The fourth-order valence-electron chi connectivity index (χ4n) is 3.46. The minimum atomic E-state index is 0.482. The van der Waals surface area contributed by atoms with Gasteiger partial charge in [0.05, 0.1) is 6.54 Å². The van der Waals surface area contributed by atoms with Crippen LogP contribution < -0.4 is 16.4 Å². The fraction of sp³-hybridized carbons (Fsp3) is 0.444. The van der Waals surface area contributed by atoms with Crippen molar-refractivity contribution >= 4 is 17.4 Å². The maximum Gasteiger partial charge on any atom is 0.125 e. The number of nitrogens with zero attached hydrogens (tertiary/aromatic N) is 5. The molecule has 0 unspecified atom stereocenters. The number of pyridine rings is 1. The van der Waals surface area contributed by atoms with Gasteiger partial charge in [-0.15, -0.1) is 19.4 Å². The highest BCUT2D eigenvalue weighted by atomic mass is 15.2. The zero-order valence-electron chi connectivity index (χ0n) is 21.6. The molecule has 0 radical (unpaired) electrons. The van der Waals surface area contributed by atoms with Crippen LogP contribution in [0.5, 0.6) is 0 Å². The zero-order valence-corrected chi connectivity index (χ0v) is 21.6. The molecule has 2 rings (SSSR count). The second-order valence-electron chi connectivity index (χ2n) is 7.86. The second kappa shape index (κ2) is 18.0. The molecule has 0 saturated carbocycles. The number of allylic oxidation sites excluding steroid dienone is 3. The fourth-order valence-corrected chi connectivity index (χ4v) is 3.46. The van der Waals surface area contributed by atoms with Gasteiger partial charge in [0.25, 0.3) is 0 Å². The molecule has 2 heterocycles. The summed E-state index contributed by atoms with van der Waals surface area (Å²) in [5, 5.41) is 6.55. The van der Waals surface area contributed by atoms with Crippen LogP contribution in [0.1, 0.15) is 18.9 Å². The lowest BCUT2D eigenvalue weighted by Crippen LogP contribution is -2.43. The molecule has 4 N–H and O–H groups in total. The van der Waals surface area contributed by atoms with Gasteiger partial charge < -0.3 is 26.2 Å². The summed E-state index contributed by atoms with van der Waals surface area (Å²) in [7, 11) is 3.96. The quantitative estimate of drug-likeness (QED) is 0.140. The van der Waals surface area contributed by atoms with Crippen molar-refractivity contribution in [2.75, 3.05) is 71.8 Å². The van der Waals surface area contributed by atoms with Crippen LogP contribution >= 0.6 is 0 Å². The van der Waals surface area contributed by atoms with Gasteiger partial charge in [0.1, 0.15) is 11.7 Å². The van der Waals surface area contributed by atoms with Gasteiger partial charge in [-0.1, -0.05) is 18.2 Å². The van der Waals surface area contributed by atoms with Crippen molar-refractivity contribution in [2.24, 2.45) is 15.7 Å². The summed E-state index contributed by atoms with van der Waals surface area (Å²) in [5.41, 5.74) is 8.72. The Hall–Kier alpha value is -3.41. The highest BCUT2D eigenvalue weighted by Crippen LogP contribution is 2.10. The first-order valence-corrected chi connectivity index (χ1v) is 11.9. The highest BCUT2D eigenvalue weighted by Gasteiger charge is 2.14. The van der Waals surface area contributed by atoms with Gasteiger partial charge >= 0.3 is 0 Å². The van der Waals surface area contributed by atoms with E-state index in [1.807, 2.05) is 24.4 Å². The first kappa shape index (κ1) is 29.6.